The van der Waals surface area contributed by atoms with Gasteiger partial charge in [-0.15, -0.1) is 10.2 Å². The Morgan fingerprint density at radius 2 is 2.04 bits per heavy atom. The summed E-state index contributed by atoms with van der Waals surface area (Å²) in [6.45, 7) is 3.94. The van der Waals surface area contributed by atoms with Crippen LogP contribution in [0.2, 0.25) is 0 Å². The van der Waals surface area contributed by atoms with Gasteiger partial charge in [-0.3, -0.25) is 9.59 Å². The number of halogens is 1. The fourth-order valence-corrected chi connectivity index (χ4v) is 3.06. The summed E-state index contributed by atoms with van der Waals surface area (Å²) in [5.74, 6) is -0.348. The molecule has 0 aliphatic heterocycles. The summed E-state index contributed by atoms with van der Waals surface area (Å²) in [6, 6.07) is 7.50. The quantitative estimate of drug-likeness (QED) is 0.683. The van der Waals surface area contributed by atoms with Gasteiger partial charge < -0.3 is 15.2 Å². The maximum absolute atomic E-state index is 11.9. The van der Waals surface area contributed by atoms with Gasteiger partial charge in [0.15, 0.2) is 5.16 Å². The number of carbonyl (C=O) groups excluding carboxylic acids is 2. The van der Waals surface area contributed by atoms with E-state index in [0.717, 1.165) is 4.47 Å². The molecule has 0 unspecified atom stereocenters. The van der Waals surface area contributed by atoms with Gasteiger partial charge in [0.2, 0.25) is 11.8 Å². The van der Waals surface area contributed by atoms with Crippen molar-refractivity contribution in [3.63, 3.8) is 0 Å². The summed E-state index contributed by atoms with van der Waals surface area (Å²) in [5.41, 5.74) is 0.663. The number of anilines is 1. The zero-order chi connectivity index (χ0) is 17.5. The fraction of sp³-hybridized carbons (Fsp3) is 0.333. The molecule has 0 saturated heterocycles. The first kappa shape index (κ1) is 18.5. The molecule has 0 spiro atoms. The normalized spacial score (nSPS) is 10.7. The van der Waals surface area contributed by atoms with E-state index in [2.05, 4.69) is 36.8 Å². The lowest BCUT2D eigenvalue weighted by Gasteiger charge is -2.10. The van der Waals surface area contributed by atoms with E-state index in [1.165, 1.54) is 11.8 Å². The predicted octanol–water partition coefficient (Wildman–Crippen LogP) is 2.47. The van der Waals surface area contributed by atoms with Crippen LogP contribution < -0.4 is 10.6 Å². The largest absolute Gasteiger partial charge is 0.346 e. The third-order valence-electron chi connectivity index (χ3n) is 3.02. The molecule has 2 rings (SSSR count). The average molecular weight is 412 g/mol. The van der Waals surface area contributed by atoms with Gasteiger partial charge in [0.05, 0.1) is 18.0 Å². The van der Waals surface area contributed by atoms with Gasteiger partial charge in [0, 0.05) is 10.5 Å². The van der Waals surface area contributed by atoms with Crippen LogP contribution in [0, 0.1) is 0 Å². The van der Waals surface area contributed by atoms with Crippen molar-refractivity contribution in [1.82, 2.24) is 20.1 Å². The minimum absolute atomic E-state index is 0.0857. The van der Waals surface area contributed by atoms with Crippen molar-refractivity contribution in [2.45, 2.75) is 25.0 Å². The molecule has 0 atom stereocenters. The van der Waals surface area contributed by atoms with Crippen molar-refractivity contribution in [2.24, 2.45) is 0 Å². The van der Waals surface area contributed by atoms with E-state index in [0.29, 0.717) is 10.8 Å². The number of aromatic nitrogens is 3. The summed E-state index contributed by atoms with van der Waals surface area (Å²) in [5, 5.41) is 13.8. The molecule has 0 fully saturated rings. The Kier molecular flexibility index (Phi) is 6.80. The van der Waals surface area contributed by atoms with E-state index in [-0.39, 0.29) is 30.2 Å². The molecule has 9 heteroatoms. The molecule has 1 heterocycles. The molecule has 2 amide bonds. The Hall–Kier alpha value is -1.87. The number of para-hydroxylation sites is 1. The molecular formula is C15H18BrN5O2S. The SMILES string of the molecule is CC(C)n1cnnc1SCC(=O)NCC(=O)Nc1ccccc1Br. The van der Waals surface area contributed by atoms with Crippen molar-refractivity contribution >= 4 is 45.2 Å². The molecule has 1 aromatic heterocycles. The second-order valence-corrected chi connectivity index (χ2v) is 7.00. The zero-order valence-corrected chi connectivity index (χ0v) is 15.7. The number of nitrogens with zero attached hydrogens (tertiary/aromatic N) is 3. The van der Waals surface area contributed by atoms with Crippen LogP contribution >= 0.6 is 27.7 Å². The highest BCUT2D eigenvalue weighted by Crippen LogP contribution is 2.21. The van der Waals surface area contributed by atoms with Crippen LogP contribution in [0.3, 0.4) is 0 Å². The molecule has 0 saturated carbocycles. The van der Waals surface area contributed by atoms with Gasteiger partial charge in [0.1, 0.15) is 6.33 Å². The molecule has 1 aromatic carbocycles. The number of hydrogen-bond donors (Lipinski definition) is 2. The molecule has 128 valence electrons. The molecule has 24 heavy (non-hydrogen) atoms. The monoisotopic (exact) mass is 411 g/mol. The molecule has 0 aliphatic rings. The maximum atomic E-state index is 11.9. The Bertz CT molecular complexity index is 719. The number of hydrogen-bond acceptors (Lipinski definition) is 5. The molecule has 2 aromatic rings. The van der Waals surface area contributed by atoms with Crippen LogP contribution in [-0.2, 0) is 9.59 Å². The highest BCUT2D eigenvalue weighted by Gasteiger charge is 2.12. The summed E-state index contributed by atoms with van der Waals surface area (Å²) in [7, 11) is 0. The Morgan fingerprint density at radius 1 is 1.29 bits per heavy atom. The topological polar surface area (TPSA) is 88.9 Å². The van der Waals surface area contributed by atoms with Crippen LogP contribution in [0.5, 0.6) is 0 Å². The van der Waals surface area contributed by atoms with E-state index in [4.69, 9.17) is 0 Å². The molecule has 0 bridgehead atoms. The lowest BCUT2D eigenvalue weighted by atomic mass is 10.3. The first-order valence-electron chi connectivity index (χ1n) is 7.30. The molecule has 0 radical (unpaired) electrons. The molecule has 7 nitrogen and oxygen atoms in total. The van der Waals surface area contributed by atoms with Gasteiger partial charge in [-0.1, -0.05) is 23.9 Å². The van der Waals surface area contributed by atoms with Crippen molar-refractivity contribution < 1.29 is 9.59 Å². The summed E-state index contributed by atoms with van der Waals surface area (Å²) in [6.07, 6.45) is 1.63. The minimum atomic E-state index is -0.286. The Balaban J connectivity index is 1.76. The first-order valence-corrected chi connectivity index (χ1v) is 9.08. The maximum Gasteiger partial charge on any atom is 0.243 e. The molecular weight excluding hydrogens is 394 g/mol. The highest BCUT2D eigenvalue weighted by molar-refractivity contribution is 9.10. The van der Waals surface area contributed by atoms with Crippen LogP contribution in [0.1, 0.15) is 19.9 Å². The van der Waals surface area contributed by atoms with E-state index in [9.17, 15) is 9.59 Å². The lowest BCUT2D eigenvalue weighted by Crippen LogP contribution is -2.34. The predicted molar refractivity (Wildman–Crippen MR) is 96.9 cm³/mol. The number of benzene rings is 1. The number of amides is 2. The minimum Gasteiger partial charge on any atom is -0.346 e. The average Bonchev–Trinajstić information content (AvgIpc) is 3.02. The van der Waals surface area contributed by atoms with Gasteiger partial charge in [-0.25, -0.2) is 0 Å². The second-order valence-electron chi connectivity index (χ2n) is 5.21. The number of nitrogens with one attached hydrogen (secondary N) is 2. The Labute approximate surface area is 152 Å². The lowest BCUT2D eigenvalue weighted by molar-refractivity contribution is -0.122. The standard InChI is InChI=1S/C15H18BrN5O2S/c1-10(2)21-9-18-20-15(21)24-8-14(23)17-7-13(22)19-12-6-4-3-5-11(12)16/h3-6,9-10H,7-8H2,1-2H3,(H,17,23)(H,19,22). The van der Waals surface area contributed by atoms with Gasteiger partial charge in [0.25, 0.3) is 0 Å². The van der Waals surface area contributed by atoms with Crippen LogP contribution in [0.25, 0.3) is 0 Å². The summed E-state index contributed by atoms with van der Waals surface area (Å²) >= 11 is 4.64. The smallest absolute Gasteiger partial charge is 0.243 e. The highest BCUT2D eigenvalue weighted by atomic mass is 79.9. The molecule has 0 aliphatic carbocycles. The van der Waals surface area contributed by atoms with Crippen LogP contribution in [0.15, 0.2) is 40.2 Å². The van der Waals surface area contributed by atoms with Gasteiger partial charge >= 0.3 is 0 Å². The van der Waals surface area contributed by atoms with Crippen molar-refractivity contribution in [1.29, 1.82) is 0 Å². The number of thioether (sulfide) groups is 1. The van der Waals surface area contributed by atoms with E-state index >= 15 is 0 Å². The van der Waals surface area contributed by atoms with Crippen molar-refractivity contribution in [3.8, 4) is 0 Å². The summed E-state index contributed by atoms with van der Waals surface area (Å²) < 4.78 is 2.67. The fourth-order valence-electron chi connectivity index (χ4n) is 1.81. The van der Waals surface area contributed by atoms with E-state index in [1.807, 2.05) is 36.6 Å². The van der Waals surface area contributed by atoms with Crippen LogP contribution in [-0.4, -0.2) is 38.9 Å². The van der Waals surface area contributed by atoms with Crippen LogP contribution in [0.4, 0.5) is 5.69 Å². The van der Waals surface area contributed by atoms with Gasteiger partial charge in [-0.05, 0) is 41.9 Å². The second kappa shape index (κ2) is 8.84. The third-order valence-corrected chi connectivity index (χ3v) is 4.67. The van der Waals surface area contributed by atoms with E-state index in [1.54, 1.807) is 12.4 Å². The Morgan fingerprint density at radius 3 is 2.75 bits per heavy atom. The third kappa shape index (κ3) is 5.34. The zero-order valence-electron chi connectivity index (χ0n) is 13.3. The summed E-state index contributed by atoms with van der Waals surface area (Å²) in [4.78, 5) is 23.7. The number of rotatable bonds is 7. The number of carbonyl (C=O) groups is 2. The van der Waals surface area contributed by atoms with Crippen molar-refractivity contribution in [2.75, 3.05) is 17.6 Å². The van der Waals surface area contributed by atoms with Crippen molar-refractivity contribution in [3.05, 3.63) is 35.1 Å². The molecule has 2 N–H and O–H groups in total. The van der Waals surface area contributed by atoms with Gasteiger partial charge in [-0.2, -0.15) is 0 Å². The van der Waals surface area contributed by atoms with E-state index < -0.39 is 0 Å². The first-order chi connectivity index (χ1) is 11.5.